The molecule has 3 rings (SSSR count). The Hall–Kier alpha value is -3.02. The van der Waals surface area contributed by atoms with Crippen LogP contribution in [0.25, 0.3) is 11.4 Å². The van der Waals surface area contributed by atoms with Gasteiger partial charge in [0.2, 0.25) is 11.7 Å². The van der Waals surface area contributed by atoms with Crippen LogP contribution in [-0.4, -0.2) is 26.1 Å². The number of aromatic nitrogens is 4. The number of amides is 1. The summed E-state index contributed by atoms with van der Waals surface area (Å²) >= 11 is 0. The summed E-state index contributed by atoms with van der Waals surface area (Å²) < 4.78 is 0. The average molecular weight is 363 g/mol. The molecule has 0 radical (unpaired) electrons. The summed E-state index contributed by atoms with van der Waals surface area (Å²) in [6, 6.07) is 14.1. The van der Waals surface area contributed by atoms with Gasteiger partial charge in [-0.3, -0.25) is 4.79 Å². The molecule has 0 bridgehead atoms. The summed E-state index contributed by atoms with van der Waals surface area (Å²) in [5.41, 5.74) is 5.17. The predicted molar refractivity (Wildman–Crippen MR) is 107 cm³/mol. The largest absolute Gasteiger partial charge is 0.324 e. The second-order valence-corrected chi connectivity index (χ2v) is 6.93. The smallest absolute Gasteiger partial charge is 0.248 e. The van der Waals surface area contributed by atoms with Gasteiger partial charge in [-0.05, 0) is 41.2 Å². The molecule has 0 aliphatic heterocycles. The molecule has 0 unspecified atom stereocenters. The van der Waals surface area contributed by atoms with Crippen LogP contribution in [-0.2, 0) is 17.8 Å². The number of aryl methyl sites for hydroxylation is 2. The van der Waals surface area contributed by atoms with Gasteiger partial charge >= 0.3 is 0 Å². The molecule has 0 aliphatic rings. The standard InChI is InChI=1S/C21H25N5O/c1-5-16-8-6-7-15(4)20(16)22-19(27)13-26-24-21(23-25-26)18-11-9-17(10-12-18)14(2)3/h6-12,14H,5,13H2,1-4H3,(H,22,27). The van der Waals surface area contributed by atoms with E-state index in [2.05, 4.69) is 53.6 Å². The summed E-state index contributed by atoms with van der Waals surface area (Å²) in [7, 11) is 0. The Kier molecular flexibility index (Phi) is 5.64. The van der Waals surface area contributed by atoms with Crippen LogP contribution in [0, 0.1) is 6.92 Å². The zero-order valence-electron chi connectivity index (χ0n) is 16.2. The van der Waals surface area contributed by atoms with Crippen LogP contribution < -0.4 is 5.32 Å². The Balaban J connectivity index is 1.70. The van der Waals surface area contributed by atoms with Gasteiger partial charge in [0.25, 0.3) is 0 Å². The van der Waals surface area contributed by atoms with E-state index in [0.717, 1.165) is 28.8 Å². The number of para-hydroxylation sites is 1. The van der Waals surface area contributed by atoms with E-state index in [1.54, 1.807) is 0 Å². The summed E-state index contributed by atoms with van der Waals surface area (Å²) in [6.07, 6.45) is 0.857. The molecule has 2 aromatic carbocycles. The number of hydrogen-bond donors (Lipinski definition) is 1. The van der Waals surface area contributed by atoms with Gasteiger partial charge in [0, 0.05) is 11.3 Å². The fourth-order valence-corrected chi connectivity index (χ4v) is 2.95. The minimum absolute atomic E-state index is 0.0224. The van der Waals surface area contributed by atoms with Crippen molar-refractivity contribution in [1.82, 2.24) is 20.2 Å². The van der Waals surface area contributed by atoms with E-state index >= 15 is 0 Å². The number of benzene rings is 2. The maximum Gasteiger partial charge on any atom is 0.248 e. The van der Waals surface area contributed by atoms with Crippen molar-refractivity contribution in [3.05, 3.63) is 59.2 Å². The van der Waals surface area contributed by atoms with Gasteiger partial charge in [0.05, 0.1) is 0 Å². The van der Waals surface area contributed by atoms with Gasteiger partial charge in [-0.2, -0.15) is 4.80 Å². The fraction of sp³-hybridized carbons (Fsp3) is 0.333. The van der Waals surface area contributed by atoms with Crippen molar-refractivity contribution in [3.8, 4) is 11.4 Å². The number of carbonyl (C=O) groups is 1. The molecule has 6 heteroatoms. The maximum absolute atomic E-state index is 12.4. The summed E-state index contributed by atoms with van der Waals surface area (Å²) in [5, 5.41) is 15.4. The molecule has 3 aromatic rings. The first-order valence-electron chi connectivity index (χ1n) is 9.24. The van der Waals surface area contributed by atoms with Crippen molar-refractivity contribution in [2.45, 2.75) is 46.6 Å². The first-order valence-corrected chi connectivity index (χ1v) is 9.24. The van der Waals surface area contributed by atoms with E-state index in [1.807, 2.05) is 37.3 Å². The Morgan fingerprint density at radius 1 is 1.15 bits per heavy atom. The predicted octanol–water partition coefficient (Wildman–Crippen LogP) is 3.97. The van der Waals surface area contributed by atoms with Gasteiger partial charge < -0.3 is 5.32 Å². The highest BCUT2D eigenvalue weighted by Gasteiger charge is 2.12. The molecule has 0 atom stereocenters. The van der Waals surface area contributed by atoms with E-state index < -0.39 is 0 Å². The molecule has 1 amide bonds. The fourth-order valence-electron chi connectivity index (χ4n) is 2.95. The lowest BCUT2D eigenvalue weighted by Crippen LogP contribution is -2.21. The van der Waals surface area contributed by atoms with Crippen molar-refractivity contribution >= 4 is 11.6 Å². The lowest BCUT2D eigenvalue weighted by Gasteiger charge is -2.12. The summed E-state index contributed by atoms with van der Waals surface area (Å²) in [6.45, 7) is 8.39. The Morgan fingerprint density at radius 3 is 2.56 bits per heavy atom. The third kappa shape index (κ3) is 4.39. The Bertz CT molecular complexity index is 928. The normalized spacial score (nSPS) is 11.0. The number of hydrogen-bond acceptors (Lipinski definition) is 4. The number of nitrogens with zero attached hydrogens (tertiary/aromatic N) is 4. The van der Waals surface area contributed by atoms with E-state index in [-0.39, 0.29) is 12.5 Å². The van der Waals surface area contributed by atoms with Gasteiger partial charge in [-0.15, -0.1) is 10.2 Å². The quantitative estimate of drug-likeness (QED) is 0.719. The van der Waals surface area contributed by atoms with Crippen LogP contribution in [0.2, 0.25) is 0 Å². The highest BCUT2D eigenvalue weighted by atomic mass is 16.2. The molecule has 0 spiro atoms. The molecule has 0 saturated carbocycles. The van der Waals surface area contributed by atoms with Gasteiger partial charge in [0.1, 0.15) is 6.54 Å². The Labute approximate surface area is 159 Å². The summed E-state index contributed by atoms with van der Waals surface area (Å²) in [5.74, 6) is 0.821. The summed E-state index contributed by atoms with van der Waals surface area (Å²) in [4.78, 5) is 13.8. The van der Waals surface area contributed by atoms with Crippen molar-refractivity contribution in [3.63, 3.8) is 0 Å². The molecular formula is C21H25N5O. The van der Waals surface area contributed by atoms with E-state index in [0.29, 0.717) is 11.7 Å². The van der Waals surface area contributed by atoms with Crippen molar-refractivity contribution in [2.75, 3.05) is 5.32 Å². The lowest BCUT2D eigenvalue weighted by molar-refractivity contribution is -0.117. The molecule has 0 aliphatic carbocycles. The highest BCUT2D eigenvalue weighted by molar-refractivity contribution is 5.92. The zero-order chi connectivity index (χ0) is 19.4. The SMILES string of the molecule is CCc1cccc(C)c1NC(=O)Cn1nnc(-c2ccc(C(C)C)cc2)n1. The Morgan fingerprint density at radius 2 is 1.89 bits per heavy atom. The molecule has 0 fully saturated rings. The van der Waals surface area contributed by atoms with Crippen molar-refractivity contribution < 1.29 is 4.79 Å². The van der Waals surface area contributed by atoms with Crippen LogP contribution in [0.15, 0.2) is 42.5 Å². The second kappa shape index (κ2) is 8.12. The molecule has 0 saturated heterocycles. The van der Waals surface area contributed by atoms with Crippen LogP contribution in [0.1, 0.15) is 43.4 Å². The number of rotatable bonds is 6. The molecule has 1 heterocycles. The van der Waals surface area contributed by atoms with E-state index in [9.17, 15) is 4.79 Å². The lowest BCUT2D eigenvalue weighted by atomic mass is 10.0. The third-order valence-corrected chi connectivity index (χ3v) is 4.58. The van der Waals surface area contributed by atoms with Gasteiger partial charge in [-0.25, -0.2) is 0 Å². The third-order valence-electron chi connectivity index (χ3n) is 4.58. The topological polar surface area (TPSA) is 72.7 Å². The number of tetrazole rings is 1. The van der Waals surface area contributed by atoms with Gasteiger partial charge in [0.15, 0.2) is 0 Å². The molecular weight excluding hydrogens is 338 g/mol. The number of nitrogens with one attached hydrogen (secondary N) is 1. The zero-order valence-corrected chi connectivity index (χ0v) is 16.2. The second-order valence-electron chi connectivity index (χ2n) is 6.93. The molecule has 6 nitrogen and oxygen atoms in total. The van der Waals surface area contributed by atoms with E-state index in [4.69, 9.17) is 0 Å². The first kappa shape index (κ1) is 18.8. The average Bonchev–Trinajstić information content (AvgIpc) is 3.11. The molecule has 1 N–H and O–H groups in total. The van der Waals surface area contributed by atoms with Crippen molar-refractivity contribution in [1.29, 1.82) is 0 Å². The number of carbonyl (C=O) groups excluding carboxylic acids is 1. The maximum atomic E-state index is 12.4. The van der Waals surface area contributed by atoms with Crippen LogP contribution in [0.4, 0.5) is 5.69 Å². The molecule has 1 aromatic heterocycles. The van der Waals surface area contributed by atoms with Gasteiger partial charge in [-0.1, -0.05) is 63.2 Å². The minimum atomic E-state index is -0.168. The first-order chi connectivity index (χ1) is 13.0. The monoisotopic (exact) mass is 363 g/mol. The van der Waals surface area contributed by atoms with Crippen LogP contribution in [0.3, 0.4) is 0 Å². The highest BCUT2D eigenvalue weighted by Crippen LogP contribution is 2.21. The van der Waals surface area contributed by atoms with Crippen LogP contribution >= 0.6 is 0 Å². The molecule has 140 valence electrons. The minimum Gasteiger partial charge on any atom is -0.324 e. The number of anilines is 1. The van der Waals surface area contributed by atoms with Crippen LogP contribution in [0.5, 0.6) is 0 Å². The van der Waals surface area contributed by atoms with Crippen molar-refractivity contribution in [2.24, 2.45) is 0 Å². The van der Waals surface area contributed by atoms with E-state index in [1.165, 1.54) is 10.4 Å². The molecule has 27 heavy (non-hydrogen) atoms.